The zero-order chi connectivity index (χ0) is 15.3. The fourth-order valence-corrected chi connectivity index (χ4v) is 3.31. The van der Waals surface area contributed by atoms with Gasteiger partial charge in [0.1, 0.15) is 11.5 Å². The van der Waals surface area contributed by atoms with Crippen molar-refractivity contribution in [2.75, 3.05) is 11.5 Å². The molecular weight excluding hydrogens is 308 g/mol. The highest BCUT2D eigenvalue weighted by Gasteiger charge is 2.23. The summed E-state index contributed by atoms with van der Waals surface area (Å²) in [5, 5.41) is 38.3. The molecule has 2 aromatic carbocycles. The Morgan fingerprint density at radius 1 is 0.667 bits per heavy atom. The van der Waals surface area contributed by atoms with Gasteiger partial charge in [-0.05, 0) is 48.5 Å². The van der Waals surface area contributed by atoms with E-state index in [1.165, 1.54) is 23.5 Å². The molecule has 2 aromatic rings. The molecule has 6 heteroatoms. The molecule has 4 N–H and O–H groups in total. The Balaban J connectivity index is 1.83. The lowest BCUT2D eigenvalue weighted by Gasteiger charge is -2.20. The van der Waals surface area contributed by atoms with Gasteiger partial charge in [0.25, 0.3) is 0 Å². The third-order valence-corrected chi connectivity index (χ3v) is 5.04. The zero-order valence-corrected chi connectivity index (χ0v) is 12.8. The topological polar surface area (TPSA) is 80.9 Å². The Hall–Kier alpha value is -1.34. The maximum absolute atomic E-state index is 9.96. The number of aliphatic hydroxyl groups is 2. The largest absolute Gasteiger partial charge is 0.508 e. The average molecular weight is 324 g/mol. The molecule has 112 valence electrons. The van der Waals surface area contributed by atoms with E-state index in [1.807, 2.05) is 0 Å². The highest BCUT2D eigenvalue weighted by molar-refractivity contribution is 8.00. The van der Waals surface area contributed by atoms with Crippen LogP contribution in [0, 0.1) is 0 Å². The summed E-state index contributed by atoms with van der Waals surface area (Å²) in [6.45, 7) is 0. The first kappa shape index (κ1) is 16.0. The molecule has 4 nitrogen and oxygen atoms in total. The minimum absolute atomic E-state index is 0.128. The minimum Gasteiger partial charge on any atom is -0.508 e. The summed E-state index contributed by atoms with van der Waals surface area (Å²) < 4.78 is 0. The summed E-state index contributed by atoms with van der Waals surface area (Å²) in [6, 6.07) is 13.1. The van der Waals surface area contributed by atoms with Gasteiger partial charge in [-0.2, -0.15) is 0 Å². The van der Waals surface area contributed by atoms with Crippen LogP contribution in [-0.2, 0) is 0 Å². The maximum atomic E-state index is 9.96. The monoisotopic (exact) mass is 324 g/mol. The standard InChI is InChI=1S/C15H16O4S2/c16-11-1-5-13(6-2-11)20-9-15(18,19)10-21-14-7-3-12(17)4-8-14/h1-8,16-19H,9-10H2. The quantitative estimate of drug-likeness (QED) is 0.483. The lowest BCUT2D eigenvalue weighted by atomic mass is 10.3. The summed E-state index contributed by atoms with van der Waals surface area (Å²) >= 11 is 2.62. The maximum Gasteiger partial charge on any atom is 0.181 e. The van der Waals surface area contributed by atoms with Gasteiger partial charge in [-0.25, -0.2) is 0 Å². The van der Waals surface area contributed by atoms with E-state index < -0.39 is 5.79 Å². The van der Waals surface area contributed by atoms with E-state index in [4.69, 9.17) is 0 Å². The van der Waals surface area contributed by atoms with E-state index in [2.05, 4.69) is 0 Å². The zero-order valence-electron chi connectivity index (χ0n) is 11.1. The van der Waals surface area contributed by atoms with Crippen LogP contribution < -0.4 is 0 Å². The molecule has 0 unspecified atom stereocenters. The van der Waals surface area contributed by atoms with Gasteiger partial charge < -0.3 is 20.4 Å². The number of thioether (sulfide) groups is 2. The molecule has 0 bridgehead atoms. The molecule has 21 heavy (non-hydrogen) atoms. The Labute approximate surface area is 131 Å². The third kappa shape index (κ3) is 5.51. The molecule has 0 saturated carbocycles. The van der Waals surface area contributed by atoms with Gasteiger partial charge >= 0.3 is 0 Å². The Morgan fingerprint density at radius 2 is 1.00 bits per heavy atom. The van der Waals surface area contributed by atoms with E-state index in [0.29, 0.717) is 0 Å². The molecule has 0 spiro atoms. The molecule has 0 aliphatic heterocycles. The Kier molecular flexibility index (Phi) is 5.41. The van der Waals surface area contributed by atoms with Gasteiger partial charge in [0, 0.05) is 9.79 Å². The molecule has 2 rings (SSSR count). The van der Waals surface area contributed by atoms with Crippen molar-refractivity contribution >= 4 is 23.5 Å². The van der Waals surface area contributed by atoms with Crippen LogP contribution in [0.15, 0.2) is 58.3 Å². The van der Waals surface area contributed by atoms with Crippen LogP contribution in [0.25, 0.3) is 0 Å². The Morgan fingerprint density at radius 3 is 1.33 bits per heavy atom. The van der Waals surface area contributed by atoms with E-state index in [9.17, 15) is 20.4 Å². The first-order valence-electron chi connectivity index (χ1n) is 6.23. The fraction of sp³-hybridized carbons (Fsp3) is 0.200. The van der Waals surface area contributed by atoms with Crippen LogP contribution in [0.1, 0.15) is 0 Å². The molecule has 0 aliphatic carbocycles. The average Bonchev–Trinajstić information content (AvgIpc) is 2.46. The van der Waals surface area contributed by atoms with Crippen LogP contribution in [0.5, 0.6) is 11.5 Å². The summed E-state index contributed by atoms with van der Waals surface area (Å²) in [7, 11) is 0. The molecule has 0 radical (unpaired) electrons. The number of aromatic hydroxyl groups is 2. The number of phenols is 2. The molecule has 0 atom stereocenters. The molecular formula is C15H16O4S2. The van der Waals surface area contributed by atoms with Crippen LogP contribution in [0.4, 0.5) is 0 Å². The summed E-state index contributed by atoms with van der Waals surface area (Å²) in [5.41, 5.74) is 0. The van der Waals surface area contributed by atoms with Crippen molar-refractivity contribution in [2.24, 2.45) is 0 Å². The second-order valence-electron chi connectivity index (χ2n) is 4.55. The highest BCUT2D eigenvalue weighted by Crippen LogP contribution is 2.28. The van der Waals surface area contributed by atoms with Gasteiger partial charge in [0.2, 0.25) is 0 Å². The minimum atomic E-state index is -1.80. The van der Waals surface area contributed by atoms with E-state index >= 15 is 0 Å². The SMILES string of the molecule is Oc1ccc(SCC(O)(O)CSc2ccc(O)cc2)cc1. The number of benzene rings is 2. The van der Waals surface area contributed by atoms with Crippen LogP contribution in [0.3, 0.4) is 0 Å². The van der Waals surface area contributed by atoms with Crippen molar-refractivity contribution in [3.8, 4) is 11.5 Å². The normalized spacial score (nSPS) is 11.5. The number of rotatable bonds is 6. The second-order valence-corrected chi connectivity index (χ2v) is 6.65. The number of phenolic OH excluding ortho intramolecular Hbond substituents is 2. The molecule has 0 fully saturated rings. The van der Waals surface area contributed by atoms with Crippen molar-refractivity contribution < 1.29 is 20.4 Å². The fourth-order valence-electron chi connectivity index (χ4n) is 1.52. The van der Waals surface area contributed by atoms with Crippen molar-refractivity contribution in [2.45, 2.75) is 15.6 Å². The second kappa shape index (κ2) is 7.09. The molecule has 0 heterocycles. The van der Waals surface area contributed by atoms with Crippen molar-refractivity contribution in [1.82, 2.24) is 0 Å². The van der Waals surface area contributed by atoms with Crippen LogP contribution >= 0.6 is 23.5 Å². The van der Waals surface area contributed by atoms with Crippen molar-refractivity contribution in [1.29, 1.82) is 0 Å². The van der Waals surface area contributed by atoms with E-state index in [0.717, 1.165) is 9.79 Å². The Bertz CT molecular complexity index is 516. The van der Waals surface area contributed by atoms with E-state index in [-0.39, 0.29) is 23.0 Å². The first-order chi connectivity index (χ1) is 9.94. The van der Waals surface area contributed by atoms with Gasteiger partial charge in [0.15, 0.2) is 5.79 Å². The molecule has 0 aliphatic rings. The van der Waals surface area contributed by atoms with Crippen LogP contribution in [0.2, 0.25) is 0 Å². The predicted molar refractivity (Wildman–Crippen MR) is 84.8 cm³/mol. The lowest BCUT2D eigenvalue weighted by Crippen LogP contribution is -2.34. The summed E-state index contributed by atoms with van der Waals surface area (Å²) in [4.78, 5) is 1.71. The molecule has 0 saturated heterocycles. The van der Waals surface area contributed by atoms with Crippen molar-refractivity contribution in [3.63, 3.8) is 0 Å². The lowest BCUT2D eigenvalue weighted by molar-refractivity contribution is -0.118. The van der Waals surface area contributed by atoms with Gasteiger partial charge in [-0.1, -0.05) is 0 Å². The smallest absolute Gasteiger partial charge is 0.181 e. The number of hydrogen-bond acceptors (Lipinski definition) is 6. The third-order valence-electron chi connectivity index (χ3n) is 2.61. The van der Waals surface area contributed by atoms with E-state index in [1.54, 1.807) is 48.5 Å². The predicted octanol–water partition coefficient (Wildman–Crippen LogP) is 2.66. The summed E-state index contributed by atoms with van der Waals surface area (Å²) in [6.07, 6.45) is 0. The highest BCUT2D eigenvalue weighted by atomic mass is 32.2. The van der Waals surface area contributed by atoms with Crippen LogP contribution in [-0.4, -0.2) is 37.7 Å². The van der Waals surface area contributed by atoms with Gasteiger partial charge in [-0.15, -0.1) is 23.5 Å². The van der Waals surface area contributed by atoms with Gasteiger partial charge in [-0.3, -0.25) is 0 Å². The summed E-state index contributed by atoms with van der Waals surface area (Å²) in [5.74, 6) is -1.18. The number of hydrogen-bond donors (Lipinski definition) is 4. The van der Waals surface area contributed by atoms with Gasteiger partial charge in [0.05, 0.1) is 11.5 Å². The van der Waals surface area contributed by atoms with Crippen molar-refractivity contribution in [3.05, 3.63) is 48.5 Å². The molecule has 0 aromatic heterocycles. The first-order valence-corrected chi connectivity index (χ1v) is 8.20. The molecule has 0 amide bonds.